The van der Waals surface area contributed by atoms with Crippen LogP contribution in [0.25, 0.3) is 0 Å². The van der Waals surface area contributed by atoms with E-state index in [9.17, 15) is 0 Å². The third kappa shape index (κ3) is 12.2. The molecule has 2 atom stereocenters. The second kappa shape index (κ2) is 15.9. The van der Waals surface area contributed by atoms with E-state index in [2.05, 4.69) is 6.92 Å². The first-order chi connectivity index (χ1) is 13.3. The molecule has 0 radical (unpaired) electrons. The van der Waals surface area contributed by atoms with E-state index in [0.717, 1.165) is 17.8 Å². The summed E-state index contributed by atoms with van der Waals surface area (Å²) >= 11 is 0. The summed E-state index contributed by atoms with van der Waals surface area (Å²) in [4.78, 5) is 0. The Bertz CT molecular complexity index is 306. The van der Waals surface area contributed by atoms with Crippen molar-refractivity contribution in [2.75, 3.05) is 0 Å². The first-order valence-electron chi connectivity index (χ1n) is 13.3. The highest BCUT2D eigenvalue weighted by Gasteiger charge is 2.15. The van der Waals surface area contributed by atoms with Crippen LogP contribution in [0.15, 0.2) is 0 Å². The SMILES string of the molecule is CC1CCCCCC(CCCC2CCCCCCCCCCCCC2)CC1. The third-order valence-corrected chi connectivity index (χ3v) is 7.83. The van der Waals surface area contributed by atoms with Gasteiger partial charge in [0, 0.05) is 0 Å². The van der Waals surface area contributed by atoms with Gasteiger partial charge in [0.05, 0.1) is 0 Å². The summed E-state index contributed by atoms with van der Waals surface area (Å²) < 4.78 is 0. The monoisotopic (exact) mass is 376 g/mol. The van der Waals surface area contributed by atoms with Crippen LogP contribution in [0.5, 0.6) is 0 Å². The van der Waals surface area contributed by atoms with Crippen LogP contribution in [0.4, 0.5) is 0 Å². The van der Waals surface area contributed by atoms with Crippen LogP contribution in [0.2, 0.25) is 0 Å². The third-order valence-electron chi connectivity index (χ3n) is 7.83. The fraction of sp³-hybridized carbons (Fsp3) is 1.00. The van der Waals surface area contributed by atoms with E-state index in [4.69, 9.17) is 0 Å². The molecule has 2 saturated carbocycles. The molecule has 0 heterocycles. The minimum Gasteiger partial charge on any atom is -0.0625 e. The molecule has 0 aromatic carbocycles. The smallest absolute Gasteiger partial charge is 0.0414 e. The van der Waals surface area contributed by atoms with E-state index < -0.39 is 0 Å². The topological polar surface area (TPSA) is 0 Å². The van der Waals surface area contributed by atoms with Crippen LogP contribution in [-0.4, -0.2) is 0 Å². The molecule has 27 heavy (non-hydrogen) atoms. The van der Waals surface area contributed by atoms with Crippen molar-refractivity contribution < 1.29 is 0 Å². The van der Waals surface area contributed by atoms with Crippen molar-refractivity contribution in [2.24, 2.45) is 17.8 Å². The van der Waals surface area contributed by atoms with Crippen LogP contribution in [-0.2, 0) is 0 Å². The molecule has 0 N–H and O–H groups in total. The van der Waals surface area contributed by atoms with E-state index in [1.807, 2.05) is 0 Å². The standard InChI is InChI=1S/C27H52/c1-25-17-12-11-15-20-27(24-23-25)22-16-21-26-18-13-9-7-5-3-2-4-6-8-10-14-19-26/h25-27H,2-24H2,1H3. The lowest BCUT2D eigenvalue weighted by Crippen LogP contribution is -2.06. The Morgan fingerprint density at radius 3 is 1.30 bits per heavy atom. The van der Waals surface area contributed by atoms with Crippen LogP contribution < -0.4 is 0 Å². The van der Waals surface area contributed by atoms with Crippen LogP contribution in [0.1, 0.15) is 155 Å². The lowest BCUT2D eigenvalue weighted by atomic mass is 9.85. The van der Waals surface area contributed by atoms with Gasteiger partial charge in [-0.05, 0) is 17.8 Å². The Hall–Kier alpha value is 0. The van der Waals surface area contributed by atoms with Crippen molar-refractivity contribution in [3.05, 3.63) is 0 Å². The van der Waals surface area contributed by atoms with Gasteiger partial charge in [-0.3, -0.25) is 0 Å². The molecule has 0 saturated heterocycles. The average Bonchev–Trinajstić information content (AvgIpc) is 2.77. The molecule has 0 heteroatoms. The highest BCUT2D eigenvalue weighted by atomic mass is 14.2. The predicted octanol–water partition coefficient (Wildman–Crippen LogP) is 9.85. The maximum absolute atomic E-state index is 2.50. The van der Waals surface area contributed by atoms with Crippen molar-refractivity contribution >= 4 is 0 Å². The van der Waals surface area contributed by atoms with Gasteiger partial charge in [-0.1, -0.05) is 155 Å². The minimum absolute atomic E-state index is 0.991. The summed E-state index contributed by atoms with van der Waals surface area (Å²) in [7, 11) is 0. The highest BCUT2D eigenvalue weighted by molar-refractivity contribution is 4.68. The van der Waals surface area contributed by atoms with Gasteiger partial charge in [0.25, 0.3) is 0 Å². The molecule has 2 aliphatic carbocycles. The lowest BCUT2D eigenvalue weighted by Gasteiger charge is -2.21. The molecule has 2 aliphatic rings. The van der Waals surface area contributed by atoms with Gasteiger partial charge in [-0.2, -0.15) is 0 Å². The molecule has 0 aromatic rings. The van der Waals surface area contributed by atoms with E-state index >= 15 is 0 Å². The van der Waals surface area contributed by atoms with E-state index in [0.29, 0.717) is 0 Å². The highest BCUT2D eigenvalue weighted by Crippen LogP contribution is 2.30. The number of hydrogen-bond donors (Lipinski definition) is 0. The van der Waals surface area contributed by atoms with Gasteiger partial charge < -0.3 is 0 Å². The molecule has 0 spiro atoms. The second-order valence-corrected chi connectivity index (χ2v) is 10.4. The molecular weight excluding hydrogens is 324 g/mol. The van der Waals surface area contributed by atoms with Gasteiger partial charge in [0.1, 0.15) is 0 Å². The quantitative estimate of drug-likeness (QED) is 0.458. The molecule has 2 rings (SSSR count). The van der Waals surface area contributed by atoms with Crippen molar-refractivity contribution in [1.82, 2.24) is 0 Å². The Morgan fingerprint density at radius 1 is 0.407 bits per heavy atom. The zero-order valence-electron chi connectivity index (χ0n) is 19.0. The predicted molar refractivity (Wildman–Crippen MR) is 122 cm³/mol. The normalized spacial score (nSPS) is 29.2. The van der Waals surface area contributed by atoms with Gasteiger partial charge >= 0.3 is 0 Å². The first kappa shape index (κ1) is 23.3. The fourth-order valence-electron chi connectivity index (χ4n) is 5.79. The molecule has 0 amide bonds. The van der Waals surface area contributed by atoms with Gasteiger partial charge in [0.2, 0.25) is 0 Å². The molecule has 2 fully saturated rings. The van der Waals surface area contributed by atoms with Gasteiger partial charge in [-0.25, -0.2) is 0 Å². The Kier molecular flexibility index (Phi) is 13.7. The molecule has 160 valence electrons. The second-order valence-electron chi connectivity index (χ2n) is 10.4. The zero-order valence-corrected chi connectivity index (χ0v) is 19.0. The maximum atomic E-state index is 2.50. The van der Waals surface area contributed by atoms with Crippen molar-refractivity contribution in [3.8, 4) is 0 Å². The Balaban J connectivity index is 1.66. The average molecular weight is 377 g/mol. The number of hydrogen-bond acceptors (Lipinski definition) is 0. The molecule has 2 unspecified atom stereocenters. The van der Waals surface area contributed by atoms with Crippen LogP contribution in [0, 0.1) is 17.8 Å². The maximum Gasteiger partial charge on any atom is -0.0414 e. The summed E-state index contributed by atoms with van der Waals surface area (Å²) in [5.41, 5.74) is 0. The van der Waals surface area contributed by atoms with E-state index in [1.54, 1.807) is 25.7 Å². The van der Waals surface area contributed by atoms with Crippen molar-refractivity contribution in [3.63, 3.8) is 0 Å². The summed E-state index contributed by atoms with van der Waals surface area (Å²) in [5, 5.41) is 0. The van der Waals surface area contributed by atoms with Crippen LogP contribution >= 0.6 is 0 Å². The molecule has 0 bridgehead atoms. The Labute approximate surface area is 172 Å². The summed E-state index contributed by atoms with van der Waals surface area (Å²) in [6.45, 7) is 2.50. The number of rotatable bonds is 4. The summed E-state index contributed by atoms with van der Waals surface area (Å²) in [5.74, 6) is 3.11. The largest absolute Gasteiger partial charge is 0.0625 e. The molecule has 0 nitrogen and oxygen atoms in total. The molecule has 0 aromatic heterocycles. The summed E-state index contributed by atoms with van der Waals surface area (Å²) in [6.07, 6.45) is 34.9. The van der Waals surface area contributed by atoms with Crippen LogP contribution in [0.3, 0.4) is 0 Å². The first-order valence-corrected chi connectivity index (χ1v) is 13.3. The molecule has 0 aliphatic heterocycles. The zero-order chi connectivity index (χ0) is 19.0. The lowest BCUT2D eigenvalue weighted by molar-refractivity contribution is 0.323. The summed E-state index contributed by atoms with van der Waals surface area (Å²) in [6, 6.07) is 0. The fourth-order valence-corrected chi connectivity index (χ4v) is 5.79. The minimum atomic E-state index is 0.991. The Morgan fingerprint density at radius 2 is 0.778 bits per heavy atom. The molecular formula is C27H52. The van der Waals surface area contributed by atoms with Crippen molar-refractivity contribution in [1.29, 1.82) is 0 Å². The van der Waals surface area contributed by atoms with E-state index in [1.165, 1.54) is 122 Å². The van der Waals surface area contributed by atoms with Crippen molar-refractivity contribution in [2.45, 2.75) is 155 Å². The van der Waals surface area contributed by atoms with Gasteiger partial charge in [-0.15, -0.1) is 0 Å². The van der Waals surface area contributed by atoms with Gasteiger partial charge in [0.15, 0.2) is 0 Å². The van der Waals surface area contributed by atoms with E-state index in [-0.39, 0.29) is 0 Å².